The summed E-state index contributed by atoms with van der Waals surface area (Å²) in [7, 11) is -2.32. The zero-order valence-corrected chi connectivity index (χ0v) is 16.3. The SMILES string of the molecule is CO[Si](CCCSCCC(=O)OCCOP(=O)(O)O)(OC)OC. The molecule has 0 aliphatic heterocycles. The first kappa shape index (κ1) is 23.0. The van der Waals surface area contributed by atoms with Crippen LogP contribution in [0.3, 0.4) is 0 Å². The Hall–Kier alpha value is 0.0269. The lowest BCUT2D eigenvalue weighted by Gasteiger charge is -2.24. The van der Waals surface area contributed by atoms with Gasteiger partial charge in [-0.15, -0.1) is 0 Å². The van der Waals surface area contributed by atoms with E-state index in [4.69, 9.17) is 27.8 Å². The highest BCUT2D eigenvalue weighted by molar-refractivity contribution is 7.99. The van der Waals surface area contributed by atoms with Gasteiger partial charge in [0.25, 0.3) is 0 Å². The van der Waals surface area contributed by atoms with Gasteiger partial charge in [-0.05, 0) is 12.2 Å². The van der Waals surface area contributed by atoms with Crippen LogP contribution in [-0.2, 0) is 31.9 Å². The molecule has 0 radical (unpaired) electrons. The number of esters is 1. The Morgan fingerprint density at radius 1 is 1.09 bits per heavy atom. The monoisotopic (exact) mass is 392 g/mol. The summed E-state index contributed by atoms with van der Waals surface area (Å²) in [5, 5.41) is 0. The fourth-order valence-corrected chi connectivity index (χ4v) is 4.74. The van der Waals surface area contributed by atoms with Crippen LogP contribution in [0.5, 0.6) is 0 Å². The van der Waals surface area contributed by atoms with E-state index in [0.717, 1.165) is 12.2 Å². The zero-order chi connectivity index (χ0) is 17.8. The molecule has 0 unspecified atom stereocenters. The fraction of sp³-hybridized carbons (Fsp3) is 0.909. The quantitative estimate of drug-likeness (QED) is 0.192. The molecule has 23 heavy (non-hydrogen) atoms. The molecular formula is C11H25O9PSSi. The van der Waals surface area contributed by atoms with Gasteiger partial charge < -0.3 is 27.8 Å². The molecule has 0 fully saturated rings. The average Bonchev–Trinajstić information content (AvgIpc) is 2.51. The van der Waals surface area contributed by atoms with Crippen LogP contribution in [0.15, 0.2) is 0 Å². The Kier molecular flexibility index (Phi) is 12.4. The highest BCUT2D eigenvalue weighted by atomic mass is 32.2. The van der Waals surface area contributed by atoms with E-state index >= 15 is 0 Å². The topological polar surface area (TPSA) is 121 Å². The first-order chi connectivity index (χ1) is 10.8. The molecule has 12 heteroatoms. The highest BCUT2D eigenvalue weighted by Gasteiger charge is 2.36. The summed E-state index contributed by atoms with van der Waals surface area (Å²) >= 11 is 1.60. The van der Waals surface area contributed by atoms with Gasteiger partial charge in [0.15, 0.2) is 0 Å². The van der Waals surface area contributed by atoms with Gasteiger partial charge in [-0.25, -0.2) is 4.57 Å². The van der Waals surface area contributed by atoms with Crippen molar-refractivity contribution in [2.45, 2.75) is 18.9 Å². The summed E-state index contributed by atoms with van der Waals surface area (Å²) in [4.78, 5) is 28.2. The summed E-state index contributed by atoms with van der Waals surface area (Å²) in [5.41, 5.74) is 0. The third-order valence-corrected chi connectivity index (χ3v) is 7.18. The molecular weight excluding hydrogens is 367 g/mol. The number of phosphoric ester groups is 1. The normalized spacial score (nSPS) is 12.4. The predicted molar refractivity (Wildman–Crippen MR) is 87.1 cm³/mol. The van der Waals surface area contributed by atoms with Gasteiger partial charge in [0.1, 0.15) is 6.61 Å². The first-order valence-corrected chi connectivity index (χ1v) is 11.5. The van der Waals surface area contributed by atoms with Crippen LogP contribution in [0.25, 0.3) is 0 Å². The molecule has 0 spiro atoms. The number of rotatable bonds is 14. The van der Waals surface area contributed by atoms with Crippen molar-refractivity contribution in [1.82, 2.24) is 0 Å². The van der Waals surface area contributed by atoms with Gasteiger partial charge in [-0.3, -0.25) is 9.32 Å². The minimum Gasteiger partial charge on any atom is -0.463 e. The van der Waals surface area contributed by atoms with Crippen molar-refractivity contribution < 1.29 is 41.7 Å². The van der Waals surface area contributed by atoms with Gasteiger partial charge in [-0.1, -0.05) is 0 Å². The van der Waals surface area contributed by atoms with Crippen LogP contribution in [0.1, 0.15) is 12.8 Å². The van der Waals surface area contributed by atoms with Crippen LogP contribution < -0.4 is 0 Å². The molecule has 0 bridgehead atoms. The molecule has 0 atom stereocenters. The van der Waals surface area contributed by atoms with E-state index in [2.05, 4.69) is 4.52 Å². The van der Waals surface area contributed by atoms with E-state index in [1.807, 2.05) is 0 Å². The lowest BCUT2D eigenvalue weighted by molar-refractivity contribution is -0.144. The maximum Gasteiger partial charge on any atom is 0.500 e. The Balaban J connectivity index is 3.61. The van der Waals surface area contributed by atoms with Gasteiger partial charge in [-0.2, -0.15) is 11.8 Å². The zero-order valence-electron chi connectivity index (χ0n) is 13.6. The summed E-state index contributed by atoms with van der Waals surface area (Å²) in [6.45, 7) is -0.515. The Bertz CT molecular complexity index is 366. The van der Waals surface area contributed by atoms with Crippen LogP contribution >= 0.6 is 19.6 Å². The van der Waals surface area contributed by atoms with Gasteiger partial charge in [0, 0.05) is 33.1 Å². The molecule has 0 aliphatic rings. The number of carbonyl (C=O) groups is 1. The minimum atomic E-state index is -4.50. The molecule has 0 aromatic carbocycles. The second-order valence-electron chi connectivity index (χ2n) is 4.31. The maximum absolute atomic E-state index is 11.4. The lowest BCUT2D eigenvalue weighted by atomic mass is 10.5. The number of carbonyl (C=O) groups excluding carboxylic acids is 1. The van der Waals surface area contributed by atoms with E-state index in [0.29, 0.717) is 11.8 Å². The third kappa shape index (κ3) is 12.1. The summed E-state index contributed by atoms with van der Waals surface area (Å²) in [5.74, 6) is 1.00. The number of phosphoric acid groups is 1. The van der Waals surface area contributed by atoms with E-state index in [9.17, 15) is 9.36 Å². The van der Waals surface area contributed by atoms with Crippen molar-refractivity contribution in [3.63, 3.8) is 0 Å². The predicted octanol–water partition coefficient (Wildman–Crippen LogP) is 1.03. The van der Waals surface area contributed by atoms with Gasteiger partial charge in [0.2, 0.25) is 0 Å². The summed E-state index contributed by atoms with van der Waals surface area (Å²) in [6, 6.07) is 0.702. The molecule has 0 amide bonds. The summed E-state index contributed by atoms with van der Waals surface area (Å²) < 4.78 is 35.2. The molecule has 0 saturated heterocycles. The number of hydrogen-bond donors (Lipinski definition) is 2. The van der Waals surface area contributed by atoms with Crippen LogP contribution in [-0.4, -0.2) is 70.6 Å². The molecule has 0 rings (SSSR count). The third-order valence-electron chi connectivity index (χ3n) is 2.76. The average molecular weight is 392 g/mol. The highest BCUT2D eigenvalue weighted by Crippen LogP contribution is 2.35. The molecule has 9 nitrogen and oxygen atoms in total. The molecule has 138 valence electrons. The van der Waals surface area contributed by atoms with Crippen molar-refractivity contribution in [3.8, 4) is 0 Å². The molecule has 2 N–H and O–H groups in total. The van der Waals surface area contributed by atoms with Crippen LogP contribution in [0.4, 0.5) is 0 Å². The molecule has 0 heterocycles. The number of hydrogen-bond acceptors (Lipinski definition) is 8. The standard InChI is InChI=1S/C11H25O9PSSi/c1-16-23(17-2,18-3)10-4-8-22-9-5-11(12)19-6-7-20-21(13,14)15/h4-10H2,1-3H3,(H2,13,14,15). The van der Waals surface area contributed by atoms with Crippen LogP contribution in [0, 0.1) is 0 Å². The molecule has 0 saturated carbocycles. The second kappa shape index (κ2) is 12.4. The smallest absolute Gasteiger partial charge is 0.463 e. The van der Waals surface area contributed by atoms with E-state index in [1.54, 1.807) is 33.1 Å². The molecule has 0 aliphatic carbocycles. The van der Waals surface area contributed by atoms with Crippen molar-refractivity contribution in [1.29, 1.82) is 0 Å². The van der Waals surface area contributed by atoms with Crippen molar-refractivity contribution in [2.75, 3.05) is 46.0 Å². The van der Waals surface area contributed by atoms with Crippen molar-refractivity contribution >= 4 is 34.4 Å². The van der Waals surface area contributed by atoms with E-state index in [-0.39, 0.29) is 19.6 Å². The van der Waals surface area contributed by atoms with Gasteiger partial charge in [0.05, 0.1) is 13.0 Å². The van der Waals surface area contributed by atoms with E-state index < -0.39 is 22.6 Å². The Morgan fingerprint density at radius 2 is 1.70 bits per heavy atom. The largest absolute Gasteiger partial charge is 0.500 e. The maximum atomic E-state index is 11.4. The lowest BCUT2D eigenvalue weighted by Crippen LogP contribution is -2.42. The molecule has 0 aromatic heterocycles. The number of thioether (sulfide) groups is 1. The first-order valence-electron chi connectivity index (χ1n) is 6.87. The second-order valence-corrected chi connectivity index (χ2v) is 9.86. The van der Waals surface area contributed by atoms with Crippen molar-refractivity contribution in [2.24, 2.45) is 0 Å². The fourth-order valence-electron chi connectivity index (χ4n) is 1.59. The van der Waals surface area contributed by atoms with E-state index in [1.165, 1.54) is 0 Å². The van der Waals surface area contributed by atoms with Gasteiger partial charge >= 0.3 is 22.6 Å². The van der Waals surface area contributed by atoms with Crippen LogP contribution in [0.2, 0.25) is 6.04 Å². The minimum absolute atomic E-state index is 0.182. The number of ether oxygens (including phenoxy) is 1. The van der Waals surface area contributed by atoms with Crippen molar-refractivity contribution in [3.05, 3.63) is 0 Å². The molecule has 0 aromatic rings. The Labute approximate surface area is 141 Å². The Morgan fingerprint density at radius 3 is 2.22 bits per heavy atom. The summed E-state index contributed by atoms with van der Waals surface area (Å²) in [6.07, 6.45) is 1.07.